The van der Waals surface area contributed by atoms with Gasteiger partial charge in [0.25, 0.3) is 0 Å². The van der Waals surface area contributed by atoms with Crippen LogP contribution in [0.3, 0.4) is 0 Å². The summed E-state index contributed by atoms with van der Waals surface area (Å²) in [7, 11) is 0. The van der Waals surface area contributed by atoms with Crippen LogP contribution in [0.5, 0.6) is 0 Å². The summed E-state index contributed by atoms with van der Waals surface area (Å²) in [4.78, 5) is 4.26. The van der Waals surface area contributed by atoms with Gasteiger partial charge in [-0.15, -0.1) is 0 Å². The molecule has 0 atom stereocenters. The molecule has 2 N–H and O–H groups in total. The van der Waals surface area contributed by atoms with E-state index in [1.165, 1.54) is 0 Å². The van der Waals surface area contributed by atoms with Gasteiger partial charge in [-0.2, -0.15) is 5.10 Å². The fourth-order valence-electron chi connectivity index (χ4n) is 2.71. The zero-order valence-electron chi connectivity index (χ0n) is 12.1. The normalized spacial score (nSPS) is 27.6. The summed E-state index contributed by atoms with van der Waals surface area (Å²) in [6, 6.07) is 0. The Morgan fingerprint density at radius 2 is 2.21 bits per heavy atom. The number of nitrogens with zero attached hydrogens (tertiary/aromatic N) is 3. The van der Waals surface area contributed by atoms with Crippen molar-refractivity contribution >= 4 is 0 Å². The van der Waals surface area contributed by atoms with Crippen molar-refractivity contribution in [3.8, 4) is 0 Å². The molecule has 108 valence electrons. The van der Waals surface area contributed by atoms with Crippen molar-refractivity contribution in [3.05, 3.63) is 12.2 Å². The quantitative estimate of drug-likeness (QED) is 0.823. The van der Waals surface area contributed by atoms with Gasteiger partial charge in [-0.25, -0.2) is 9.67 Å². The second-order valence-electron chi connectivity index (χ2n) is 5.91. The van der Waals surface area contributed by atoms with E-state index in [4.69, 9.17) is 0 Å². The molecule has 19 heavy (non-hydrogen) atoms. The van der Waals surface area contributed by atoms with Crippen molar-refractivity contribution in [2.75, 3.05) is 6.54 Å². The highest BCUT2D eigenvalue weighted by atomic mass is 16.3. The number of aliphatic hydroxyl groups is 1. The van der Waals surface area contributed by atoms with Gasteiger partial charge in [-0.3, -0.25) is 0 Å². The van der Waals surface area contributed by atoms with Gasteiger partial charge < -0.3 is 10.4 Å². The zero-order chi connectivity index (χ0) is 13.7. The fourth-order valence-corrected chi connectivity index (χ4v) is 2.71. The summed E-state index contributed by atoms with van der Waals surface area (Å²) < 4.78 is 1.93. The van der Waals surface area contributed by atoms with Crippen molar-refractivity contribution in [1.29, 1.82) is 0 Å². The Morgan fingerprint density at radius 1 is 1.47 bits per heavy atom. The molecule has 1 aromatic rings. The monoisotopic (exact) mass is 266 g/mol. The van der Waals surface area contributed by atoms with Crippen molar-refractivity contribution < 1.29 is 5.11 Å². The standard InChI is InChI=1S/C14H26N4O/c1-3-8-18-13(16-11-17-18)9-15-10-14(19)6-4-12(2)5-7-14/h11-12,15,19H,3-10H2,1-2H3. The number of hydrogen-bond acceptors (Lipinski definition) is 4. The van der Waals surface area contributed by atoms with E-state index in [1.54, 1.807) is 6.33 Å². The summed E-state index contributed by atoms with van der Waals surface area (Å²) in [6.07, 6.45) is 6.72. The first-order valence-electron chi connectivity index (χ1n) is 7.43. The van der Waals surface area contributed by atoms with Crippen LogP contribution < -0.4 is 5.32 Å². The van der Waals surface area contributed by atoms with Crippen molar-refractivity contribution in [2.24, 2.45) is 5.92 Å². The van der Waals surface area contributed by atoms with Crippen LogP contribution in [0.1, 0.15) is 51.8 Å². The van der Waals surface area contributed by atoms with E-state index in [2.05, 4.69) is 29.2 Å². The van der Waals surface area contributed by atoms with Crippen molar-refractivity contribution in [1.82, 2.24) is 20.1 Å². The molecule has 0 aliphatic heterocycles. The molecule has 1 aliphatic rings. The highest BCUT2D eigenvalue weighted by molar-refractivity contribution is 4.89. The predicted molar refractivity (Wildman–Crippen MR) is 74.6 cm³/mol. The average molecular weight is 266 g/mol. The first kappa shape index (κ1) is 14.5. The third-order valence-electron chi connectivity index (χ3n) is 4.07. The van der Waals surface area contributed by atoms with E-state index in [0.29, 0.717) is 13.1 Å². The number of hydrogen-bond donors (Lipinski definition) is 2. The van der Waals surface area contributed by atoms with Gasteiger partial charge in [0.1, 0.15) is 12.2 Å². The van der Waals surface area contributed by atoms with Gasteiger partial charge in [-0.1, -0.05) is 13.8 Å². The van der Waals surface area contributed by atoms with E-state index in [9.17, 15) is 5.11 Å². The minimum absolute atomic E-state index is 0.526. The first-order chi connectivity index (χ1) is 9.13. The third-order valence-corrected chi connectivity index (χ3v) is 4.07. The maximum atomic E-state index is 10.5. The molecule has 1 fully saturated rings. The molecule has 0 spiro atoms. The van der Waals surface area contributed by atoms with Gasteiger partial charge >= 0.3 is 0 Å². The largest absolute Gasteiger partial charge is 0.389 e. The number of aryl methyl sites for hydroxylation is 1. The summed E-state index contributed by atoms with van der Waals surface area (Å²) in [5.74, 6) is 1.71. The molecule has 1 saturated carbocycles. The molecule has 0 amide bonds. The molecule has 0 aromatic carbocycles. The minimum Gasteiger partial charge on any atom is -0.389 e. The molecular weight excluding hydrogens is 240 g/mol. The smallest absolute Gasteiger partial charge is 0.140 e. The minimum atomic E-state index is -0.526. The SMILES string of the molecule is CCCn1ncnc1CNCC1(O)CCC(C)CC1. The predicted octanol–water partition coefficient (Wildman–Crippen LogP) is 1.72. The van der Waals surface area contributed by atoms with Crippen LogP contribution in [0, 0.1) is 5.92 Å². The van der Waals surface area contributed by atoms with E-state index >= 15 is 0 Å². The topological polar surface area (TPSA) is 63.0 Å². The Labute approximate surface area is 115 Å². The van der Waals surface area contributed by atoms with E-state index in [1.807, 2.05) is 4.68 Å². The van der Waals surface area contributed by atoms with Gasteiger partial charge in [0.15, 0.2) is 0 Å². The zero-order valence-corrected chi connectivity index (χ0v) is 12.1. The number of rotatable bonds is 6. The summed E-state index contributed by atoms with van der Waals surface area (Å²) in [6.45, 7) is 6.63. The van der Waals surface area contributed by atoms with Gasteiger partial charge in [-0.05, 0) is 38.0 Å². The second-order valence-corrected chi connectivity index (χ2v) is 5.91. The highest BCUT2D eigenvalue weighted by Crippen LogP contribution is 2.31. The lowest BCUT2D eigenvalue weighted by atomic mass is 9.79. The third kappa shape index (κ3) is 4.01. The Kier molecular flexibility index (Phi) is 4.93. The summed E-state index contributed by atoms with van der Waals surface area (Å²) >= 11 is 0. The van der Waals surface area contributed by atoms with Crippen LogP contribution in [0.15, 0.2) is 6.33 Å². The van der Waals surface area contributed by atoms with Crippen molar-refractivity contribution in [3.63, 3.8) is 0 Å². The highest BCUT2D eigenvalue weighted by Gasteiger charge is 2.31. The van der Waals surface area contributed by atoms with Crippen LogP contribution in [-0.4, -0.2) is 32.0 Å². The molecular formula is C14H26N4O. The molecule has 0 radical (unpaired) electrons. The fraction of sp³-hybridized carbons (Fsp3) is 0.857. The van der Waals surface area contributed by atoms with E-state index < -0.39 is 5.60 Å². The molecule has 1 aliphatic carbocycles. The average Bonchev–Trinajstić information content (AvgIpc) is 2.82. The van der Waals surface area contributed by atoms with Crippen LogP contribution >= 0.6 is 0 Å². The molecule has 0 unspecified atom stereocenters. The van der Waals surface area contributed by atoms with Gasteiger partial charge in [0.05, 0.1) is 12.1 Å². The van der Waals surface area contributed by atoms with Crippen LogP contribution in [0.2, 0.25) is 0 Å². The summed E-state index contributed by atoms with van der Waals surface area (Å²) in [5.41, 5.74) is -0.526. The molecule has 5 heteroatoms. The van der Waals surface area contributed by atoms with E-state index in [0.717, 1.165) is 50.4 Å². The Balaban J connectivity index is 1.78. The Bertz CT molecular complexity index is 383. The van der Waals surface area contributed by atoms with Crippen LogP contribution in [0.4, 0.5) is 0 Å². The molecule has 1 aromatic heterocycles. The Hall–Kier alpha value is -0.940. The molecule has 1 heterocycles. The van der Waals surface area contributed by atoms with Gasteiger partial charge in [0, 0.05) is 13.1 Å². The number of aromatic nitrogens is 3. The maximum Gasteiger partial charge on any atom is 0.140 e. The lowest BCUT2D eigenvalue weighted by Crippen LogP contribution is -2.43. The van der Waals surface area contributed by atoms with E-state index in [-0.39, 0.29) is 0 Å². The lowest BCUT2D eigenvalue weighted by molar-refractivity contribution is -0.00647. The molecule has 2 rings (SSSR count). The number of nitrogens with one attached hydrogen (secondary N) is 1. The van der Waals surface area contributed by atoms with Crippen LogP contribution in [-0.2, 0) is 13.1 Å². The van der Waals surface area contributed by atoms with Crippen molar-refractivity contribution in [2.45, 2.75) is 64.6 Å². The van der Waals surface area contributed by atoms with Gasteiger partial charge in [0.2, 0.25) is 0 Å². The lowest BCUT2D eigenvalue weighted by Gasteiger charge is -2.35. The first-order valence-corrected chi connectivity index (χ1v) is 7.43. The van der Waals surface area contributed by atoms with Crippen LogP contribution in [0.25, 0.3) is 0 Å². The Morgan fingerprint density at radius 3 is 2.89 bits per heavy atom. The summed E-state index contributed by atoms with van der Waals surface area (Å²) in [5, 5.41) is 18.0. The molecule has 0 bridgehead atoms. The molecule has 5 nitrogen and oxygen atoms in total. The maximum absolute atomic E-state index is 10.5. The second kappa shape index (κ2) is 6.48. The molecule has 0 saturated heterocycles.